The third-order valence-electron chi connectivity index (χ3n) is 2.35. The lowest BCUT2D eigenvalue weighted by Crippen LogP contribution is -2.24. The molecule has 0 radical (unpaired) electrons. The van der Waals surface area contributed by atoms with Crippen LogP contribution in [0.25, 0.3) is 0 Å². The maximum Gasteiger partial charge on any atom is 0.0816 e. The first-order valence-corrected chi connectivity index (χ1v) is 5.04. The van der Waals surface area contributed by atoms with Gasteiger partial charge in [0.1, 0.15) is 0 Å². The summed E-state index contributed by atoms with van der Waals surface area (Å²) in [6.45, 7) is 6.71. The molecule has 0 amide bonds. The van der Waals surface area contributed by atoms with Crippen molar-refractivity contribution in [1.29, 1.82) is 0 Å². The first-order chi connectivity index (χ1) is 6.14. The largest absolute Gasteiger partial charge is 0.377 e. The Morgan fingerprint density at radius 1 is 1.54 bits per heavy atom. The van der Waals surface area contributed by atoms with Gasteiger partial charge in [-0.1, -0.05) is 0 Å². The zero-order chi connectivity index (χ0) is 9.73. The third kappa shape index (κ3) is 4.07. The van der Waals surface area contributed by atoms with Crippen LogP contribution in [0, 0.1) is 0 Å². The van der Waals surface area contributed by atoms with Crippen LogP contribution in [0.4, 0.5) is 0 Å². The fraction of sp³-hybridized carbons (Fsp3) is 1.00. The summed E-state index contributed by atoms with van der Waals surface area (Å²) in [5.41, 5.74) is 0.0665. The molecule has 1 unspecified atom stereocenters. The highest BCUT2D eigenvalue weighted by Gasteiger charge is 2.31. The van der Waals surface area contributed by atoms with Gasteiger partial charge in [-0.2, -0.15) is 0 Å². The van der Waals surface area contributed by atoms with Gasteiger partial charge in [0, 0.05) is 6.54 Å². The van der Waals surface area contributed by atoms with Crippen molar-refractivity contribution in [2.24, 2.45) is 0 Å². The lowest BCUT2D eigenvalue weighted by molar-refractivity contribution is -0.0525. The van der Waals surface area contributed by atoms with Crippen LogP contribution >= 0.6 is 0 Å². The maximum absolute atomic E-state index is 5.78. The number of likely N-dealkylation sites (N-methyl/N-ethyl adjacent to an activating group) is 1. The summed E-state index contributed by atoms with van der Waals surface area (Å²) in [5.74, 6) is 0. The summed E-state index contributed by atoms with van der Waals surface area (Å²) in [7, 11) is 1.93. The van der Waals surface area contributed by atoms with Crippen molar-refractivity contribution in [3.05, 3.63) is 0 Å². The van der Waals surface area contributed by atoms with E-state index in [0.29, 0.717) is 6.10 Å². The minimum Gasteiger partial charge on any atom is -0.377 e. The Hall–Kier alpha value is -0.120. The molecule has 3 heteroatoms. The standard InChI is InChI=1S/C10H21NO2/c1-10(2)5-4-9(13-10)8-12-7-6-11-3/h9,11H,4-8H2,1-3H3. The molecule has 1 aliphatic heterocycles. The van der Waals surface area contributed by atoms with E-state index >= 15 is 0 Å². The van der Waals surface area contributed by atoms with Gasteiger partial charge in [-0.25, -0.2) is 0 Å². The normalized spacial score (nSPS) is 26.5. The van der Waals surface area contributed by atoms with Crippen LogP contribution in [0.15, 0.2) is 0 Å². The smallest absolute Gasteiger partial charge is 0.0816 e. The summed E-state index contributed by atoms with van der Waals surface area (Å²) in [6.07, 6.45) is 2.59. The SMILES string of the molecule is CNCCOCC1CCC(C)(C)O1. The number of hydrogen-bond acceptors (Lipinski definition) is 3. The molecule has 13 heavy (non-hydrogen) atoms. The van der Waals surface area contributed by atoms with Crippen molar-refractivity contribution < 1.29 is 9.47 Å². The van der Waals surface area contributed by atoms with Crippen molar-refractivity contribution in [2.45, 2.75) is 38.4 Å². The molecule has 0 saturated carbocycles. The van der Waals surface area contributed by atoms with Gasteiger partial charge in [0.15, 0.2) is 0 Å². The molecule has 1 atom stereocenters. The molecule has 1 heterocycles. The van der Waals surface area contributed by atoms with Crippen molar-refractivity contribution in [2.75, 3.05) is 26.8 Å². The molecule has 1 saturated heterocycles. The molecule has 0 aromatic carbocycles. The van der Waals surface area contributed by atoms with E-state index in [0.717, 1.165) is 32.6 Å². The van der Waals surface area contributed by atoms with Gasteiger partial charge in [-0.15, -0.1) is 0 Å². The molecular weight excluding hydrogens is 166 g/mol. The van der Waals surface area contributed by atoms with Crippen LogP contribution < -0.4 is 5.32 Å². The molecule has 0 spiro atoms. The van der Waals surface area contributed by atoms with Gasteiger partial charge in [0.05, 0.1) is 24.9 Å². The van der Waals surface area contributed by atoms with Crippen molar-refractivity contribution in [3.8, 4) is 0 Å². The Morgan fingerprint density at radius 3 is 2.85 bits per heavy atom. The lowest BCUT2D eigenvalue weighted by atomic mass is 10.1. The molecule has 1 rings (SSSR count). The Balaban J connectivity index is 2.04. The number of nitrogens with one attached hydrogen (secondary N) is 1. The zero-order valence-electron chi connectivity index (χ0n) is 8.93. The first kappa shape index (κ1) is 11.0. The molecular formula is C10H21NO2. The fourth-order valence-corrected chi connectivity index (χ4v) is 1.58. The lowest BCUT2D eigenvalue weighted by Gasteiger charge is -2.19. The molecule has 78 valence electrons. The Morgan fingerprint density at radius 2 is 2.31 bits per heavy atom. The average Bonchev–Trinajstić information content (AvgIpc) is 2.40. The van der Waals surface area contributed by atoms with Gasteiger partial charge >= 0.3 is 0 Å². The van der Waals surface area contributed by atoms with Crippen molar-refractivity contribution >= 4 is 0 Å². The molecule has 1 aliphatic rings. The van der Waals surface area contributed by atoms with Crippen LogP contribution in [-0.2, 0) is 9.47 Å². The molecule has 3 nitrogen and oxygen atoms in total. The molecule has 0 aliphatic carbocycles. The predicted molar refractivity (Wildman–Crippen MR) is 52.9 cm³/mol. The first-order valence-electron chi connectivity index (χ1n) is 5.04. The van der Waals surface area contributed by atoms with E-state index < -0.39 is 0 Å². The highest BCUT2D eigenvalue weighted by atomic mass is 16.5. The Bertz CT molecular complexity index is 148. The van der Waals surface area contributed by atoms with Gasteiger partial charge in [0.25, 0.3) is 0 Å². The van der Waals surface area contributed by atoms with Gasteiger partial charge in [-0.3, -0.25) is 0 Å². The maximum atomic E-state index is 5.78. The molecule has 1 N–H and O–H groups in total. The van der Waals surface area contributed by atoms with Crippen LogP contribution in [0.3, 0.4) is 0 Å². The van der Waals surface area contributed by atoms with Crippen LogP contribution in [0.5, 0.6) is 0 Å². The van der Waals surface area contributed by atoms with Crippen LogP contribution in [-0.4, -0.2) is 38.5 Å². The molecule has 0 aromatic heterocycles. The van der Waals surface area contributed by atoms with Gasteiger partial charge < -0.3 is 14.8 Å². The summed E-state index contributed by atoms with van der Waals surface area (Å²) < 4.78 is 11.2. The highest BCUT2D eigenvalue weighted by Crippen LogP contribution is 2.29. The minimum atomic E-state index is 0.0665. The number of ether oxygens (including phenoxy) is 2. The predicted octanol–water partition coefficient (Wildman–Crippen LogP) is 1.18. The second kappa shape index (κ2) is 4.94. The summed E-state index contributed by atoms with van der Waals surface area (Å²) in [6, 6.07) is 0. The molecule has 1 fully saturated rings. The van der Waals surface area contributed by atoms with Crippen LogP contribution in [0.2, 0.25) is 0 Å². The van der Waals surface area contributed by atoms with Crippen molar-refractivity contribution in [3.63, 3.8) is 0 Å². The quantitative estimate of drug-likeness (QED) is 0.656. The number of rotatable bonds is 5. The summed E-state index contributed by atoms with van der Waals surface area (Å²) >= 11 is 0. The fourth-order valence-electron chi connectivity index (χ4n) is 1.58. The third-order valence-corrected chi connectivity index (χ3v) is 2.35. The van der Waals surface area contributed by atoms with Crippen LogP contribution in [0.1, 0.15) is 26.7 Å². The molecule has 0 aromatic rings. The number of hydrogen-bond donors (Lipinski definition) is 1. The van der Waals surface area contributed by atoms with E-state index in [9.17, 15) is 0 Å². The van der Waals surface area contributed by atoms with E-state index in [1.165, 1.54) is 0 Å². The Labute approximate surface area is 80.8 Å². The summed E-state index contributed by atoms with van der Waals surface area (Å²) in [4.78, 5) is 0. The van der Waals surface area contributed by atoms with E-state index in [1.807, 2.05) is 7.05 Å². The average molecular weight is 187 g/mol. The van der Waals surface area contributed by atoms with Gasteiger partial charge in [0.2, 0.25) is 0 Å². The van der Waals surface area contributed by atoms with E-state index in [2.05, 4.69) is 19.2 Å². The monoisotopic (exact) mass is 187 g/mol. The topological polar surface area (TPSA) is 30.5 Å². The van der Waals surface area contributed by atoms with Crippen molar-refractivity contribution in [1.82, 2.24) is 5.32 Å². The summed E-state index contributed by atoms with van der Waals surface area (Å²) in [5, 5.41) is 3.04. The minimum absolute atomic E-state index is 0.0665. The molecule has 0 bridgehead atoms. The highest BCUT2D eigenvalue weighted by molar-refractivity contribution is 4.80. The van der Waals surface area contributed by atoms with E-state index in [1.54, 1.807) is 0 Å². The second-order valence-electron chi connectivity index (χ2n) is 4.22. The second-order valence-corrected chi connectivity index (χ2v) is 4.22. The van der Waals surface area contributed by atoms with E-state index in [4.69, 9.17) is 9.47 Å². The zero-order valence-corrected chi connectivity index (χ0v) is 8.93. The van der Waals surface area contributed by atoms with Gasteiger partial charge in [-0.05, 0) is 33.7 Å². The Kier molecular flexibility index (Phi) is 4.16. The van der Waals surface area contributed by atoms with E-state index in [-0.39, 0.29) is 5.60 Å².